The summed E-state index contributed by atoms with van der Waals surface area (Å²) in [6, 6.07) is 69.1. The lowest BCUT2D eigenvalue weighted by Gasteiger charge is -2.17. The first-order chi connectivity index (χ1) is 29.7. The Labute approximate surface area is 346 Å². The molecule has 0 bridgehead atoms. The van der Waals surface area contributed by atoms with Gasteiger partial charge < -0.3 is 0 Å². The lowest BCUT2D eigenvalue weighted by molar-refractivity contribution is 1.37. The molecule has 0 saturated carbocycles. The highest BCUT2D eigenvalue weighted by Gasteiger charge is 2.18. The van der Waals surface area contributed by atoms with Gasteiger partial charge in [0, 0.05) is 45.1 Å². The molecule has 0 fully saturated rings. The van der Waals surface area contributed by atoms with Gasteiger partial charge in [-0.3, -0.25) is 9.97 Å². The van der Waals surface area contributed by atoms with E-state index in [9.17, 15) is 0 Å². The number of benzene rings is 8. The molecule has 0 amide bonds. The second-order valence-corrected chi connectivity index (χ2v) is 15.4. The van der Waals surface area contributed by atoms with Crippen molar-refractivity contribution in [1.82, 2.24) is 19.9 Å². The van der Waals surface area contributed by atoms with Gasteiger partial charge in [-0.1, -0.05) is 140 Å². The fraction of sp³-hybridized carbons (Fsp3) is 0. The SMILES string of the molecule is c1ccc(-c2c3ccccc3c(-c3ccc4cc(-c5ccc6nc(-c7ccc(-c8cc9cccnc9c9ncccc89)cc7)ccc6c5)ccc4n3)c3ccccc23)cc1. The Morgan fingerprint density at radius 2 is 0.800 bits per heavy atom. The minimum Gasteiger partial charge on any atom is -0.254 e. The molecule has 0 aliphatic rings. The topological polar surface area (TPSA) is 51.6 Å². The number of pyridine rings is 4. The van der Waals surface area contributed by atoms with E-state index in [-0.39, 0.29) is 0 Å². The fourth-order valence-corrected chi connectivity index (χ4v) is 9.07. The van der Waals surface area contributed by atoms with Crippen LogP contribution < -0.4 is 0 Å². The van der Waals surface area contributed by atoms with E-state index in [1.807, 2.05) is 24.5 Å². The predicted octanol–water partition coefficient (Wildman–Crippen LogP) is 14.5. The van der Waals surface area contributed by atoms with Crippen molar-refractivity contribution in [1.29, 1.82) is 0 Å². The van der Waals surface area contributed by atoms with E-state index in [0.717, 1.165) is 88.4 Å². The minimum absolute atomic E-state index is 0.920. The third-order valence-electron chi connectivity index (χ3n) is 11.9. The van der Waals surface area contributed by atoms with Crippen molar-refractivity contribution in [2.24, 2.45) is 0 Å². The highest BCUT2D eigenvalue weighted by atomic mass is 14.7. The highest BCUT2D eigenvalue weighted by Crippen LogP contribution is 2.43. The molecule has 0 unspecified atom stereocenters. The Bertz CT molecular complexity index is 3590. The van der Waals surface area contributed by atoms with E-state index in [4.69, 9.17) is 15.0 Å². The molecule has 0 radical (unpaired) electrons. The normalized spacial score (nSPS) is 11.7. The third-order valence-corrected chi connectivity index (χ3v) is 11.9. The van der Waals surface area contributed by atoms with Gasteiger partial charge in [0.2, 0.25) is 0 Å². The van der Waals surface area contributed by atoms with Gasteiger partial charge in [-0.25, -0.2) is 9.97 Å². The van der Waals surface area contributed by atoms with Crippen LogP contribution in [0.4, 0.5) is 0 Å². The largest absolute Gasteiger partial charge is 0.254 e. The fourth-order valence-electron chi connectivity index (χ4n) is 9.07. The first-order valence-electron chi connectivity index (χ1n) is 20.3. The van der Waals surface area contributed by atoms with Gasteiger partial charge in [0.15, 0.2) is 0 Å². The van der Waals surface area contributed by atoms with Crippen LogP contribution in [0.5, 0.6) is 0 Å². The number of aromatic nitrogens is 4. The molecule has 0 spiro atoms. The number of hydrogen-bond donors (Lipinski definition) is 0. The molecular formula is C56H34N4. The lowest BCUT2D eigenvalue weighted by Crippen LogP contribution is -1.93. The molecule has 0 aliphatic carbocycles. The molecule has 60 heavy (non-hydrogen) atoms. The van der Waals surface area contributed by atoms with Crippen LogP contribution in [0, 0.1) is 0 Å². The van der Waals surface area contributed by atoms with Gasteiger partial charge in [0.05, 0.1) is 33.5 Å². The van der Waals surface area contributed by atoms with Crippen molar-refractivity contribution < 1.29 is 0 Å². The van der Waals surface area contributed by atoms with Crippen LogP contribution in [0.15, 0.2) is 207 Å². The molecule has 4 heterocycles. The molecule has 278 valence electrons. The summed E-state index contributed by atoms with van der Waals surface area (Å²) in [5.41, 5.74) is 15.0. The van der Waals surface area contributed by atoms with Gasteiger partial charge in [0.25, 0.3) is 0 Å². The number of hydrogen-bond acceptors (Lipinski definition) is 4. The molecule has 12 aromatic rings. The average Bonchev–Trinajstić information content (AvgIpc) is 3.32. The Hall–Kier alpha value is -8.08. The lowest BCUT2D eigenvalue weighted by atomic mass is 9.87. The first-order valence-corrected chi connectivity index (χ1v) is 20.3. The van der Waals surface area contributed by atoms with Crippen LogP contribution in [0.3, 0.4) is 0 Å². The van der Waals surface area contributed by atoms with E-state index in [2.05, 4.69) is 187 Å². The average molecular weight is 763 g/mol. The molecule has 0 saturated heterocycles. The Morgan fingerprint density at radius 1 is 0.283 bits per heavy atom. The molecule has 0 aliphatic heterocycles. The summed E-state index contributed by atoms with van der Waals surface area (Å²) >= 11 is 0. The Kier molecular flexibility index (Phi) is 7.82. The van der Waals surface area contributed by atoms with Gasteiger partial charge in [-0.05, 0) is 110 Å². The van der Waals surface area contributed by atoms with E-state index in [0.29, 0.717) is 0 Å². The quantitative estimate of drug-likeness (QED) is 0.129. The predicted molar refractivity (Wildman–Crippen MR) is 250 cm³/mol. The first kappa shape index (κ1) is 34.0. The van der Waals surface area contributed by atoms with Crippen LogP contribution in [0.25, 0.3) is 121 Å². The van der Waals surface area contributed by atoms with Crippen LogP contribution in [0.1, 0.15) is 0 Å². The molecule has 4 nitrogen and oxygen atoms in total. The minimum atomic E-state index is 0.920. The number of rotatable bonds is 5. The van der Waals surface area contributed by atoms with Gasteiger partial charge in [-0.15, -0.1) is 0 Å². The third kappa shape index (κ3) is 5.61. The van der Waals surface area contributed by atoms with Crippen LogP contribution in [-0.2, 0) is 0 Å². The monoisotopic (exact) mass is 762 g/mol. The summed E-state index contributed by atoms with van der Waals surface area (Å²) in [5.74, 6) is 0. The van der Waals surface area contributed by atoms with E-state index < -0.39 is 0 Å². The molecule has 4 aromatic heterocycles. The van der Waals surface area contributed by atoms with Crippen molar-refractivity contribution in [2.45, 2.75) is 0 Å². The summed E-state index contributed by atoms with van der Waals surface area (Å²) in [4.78, 5) is 19.7. The van der Waals surface area contributed by atoms with Crippen LogP contribution in [0.2, 0.25) is 0 Å². The second-order valence-electron chi connectivity index (χ2n) is 15.4. The summed E-state index contributed by atoms with van der Waals surface area (Å²) in [6.45, 7) is 0. The van der Waals surface area contributed by atoms with Crippen LogP contribution >= 0.6 is 0 Å². The maximum absolute atomic E-state index is 5.30. The van der Waals surface area contributed by atoms with Crippen molar-refractivity contribution >= 4 is 65.2 Å². The van der Waals surface area contributed by atoms with E-state index in [1.165, 1.54) is 32.7 Å². The van der Waals surface area contributed by atoms with Crippen molar-refractivity contribution in [3.8, 4) is 55.9 Å². The van der Waals surface area contributed by atoms with Gasteiger partial charge in [-0.2, -0.15) is 0 Å². The zero-order valence-electron chi connectivity index (χ0n) is 32.4. The smallest absolute Gasteiger partial charge is 0.0970 e. The second kappa shape index (κ2) is 13.8. The molecule has 0 atom stereocenters. The molecule has 12 rings (SSSR count). The Balaban J connectivity index is 0.863. The number of nitrogens with zero attached hydrogens (tertiary/aromatic N) is 4. The summed E-state index contributed by atoms with van der Waals surface area (Å²) in [5, 5.41) is 9.24. The maximum atomic E-state index is 5.30. The summed E-state index contributed by atoms with van der Waals surface area (Å²) < 4.78 is 0. The number of fused-ring (bicyclic) bond motifs is 7. The van der Waals surface area contributed by atoms with Gasteiger partial charge in [0.1, 0.15) is 0 Å². The molecule has 4 heteroatoms. The van der Waals surface area contributed by atoms with E-state index >= 15 is 0 Å². The molecule has 8 aromatic carbocycles. The van der Waals surface area contributed by atoms with E-state index in [1.54, 1.807) is 0 Å². The van der Waals surface area contributed by atoms with Crippen molar-refractivity contribution in [3.05, 3.63) is 207 Å². The van der Waals surface area contributed by atoms with Crippen molar-refractivity contribution in [2.75, 3.05) is 0 Å². The highest BCUT2D eigenvalue weighted by molar-refractivity contribution is 6.21. The van der Waals surface area contributed by atoms with Crippen LogP contribution in [-0.4, -0.2) is 19.9 Å². The summed E-state index contributed by atoms with van der Waals surface area (Å²) in [6.07, 6.45) is 3.66. The van der Waals surface area contributed by atoms with Gasteiger partial charge >= 0.3 is 0 Å². The summed E-state index contributed by atoms with van der Waals surface area (Å²) in [7, 11) is 0. The Morgan fingerprint density at radius 3 is 1.47 bits per heavy atom. The standard InChI is InChI=1S/C56H34N4/c1-2-10-37(11-3-1)53-43-13-4-6-15-45(43)54(46-16-7-5-14-44(46)53)52-29-25-41-33-39(23-27-51(41)60-52)38-22-26-50-40(32-38)24-28-49(59-50)36-20-18-35(19-21-36)48-34-42-12-8-30-57-55(42)56-47(48)17-9-31-58-56/h1-34H. The maximum Gasteiger partial charge on any atom is 0.0970 e. The molecule has 0 N–H and O–H groups in total. The van der Waals surface area contributed by atoms with Crippen molar-refractivity contribution in [3.63, 3.8) is 0 Å². The zero-order valence-corrected chi connectivity index (χ0v) is 32.4. The zero-order chi connectivity index (χ0) is 39.6. The molecular weight excluding hydrogens is 729 g/mol.